The second-order valence-corrected chi connectivity index (χ2v) is 5.79. The van der Waals surface area contributed by atoms with E-state index in [0.717, 1.165) is 22.8 Å². The van der Waals surface area contributed by atoms with Crippen LogP contribution in [-0.2, 0) is 12.4 Å². The van der Waals surface area contributed by atoms with Crippen LogP contribution in [0.5, 0.6) is 0 Å². The number of halogens is 6. The van der Waals surface area contributed by atoms with Crippen LogP contribution >= 0.6 is 11.3 Å². The Hall–Kier alpha value is -2.02. The lowest BCUT2D eigenvalue weighted by Crippen LogP contribution is -2.11. The molecule has 0 radical (unpaired) electrons. The number of benzene rings is 2. The Labute approximate surface area is 131 Å². The lowest BCUT2D eigenvalue weighted by atomic mass is 9.99. The minimum Gasteiger partial charge on any atom is -0.166 e. The van der Waals surface area contributed by atoms with Crippen LogP contribution in [0.25, 0.3) is 21.2 Å². The Balaban J connectivity index is 2.27. The summed E-state index contributed by atoms with van der Waals surface area (Å²) in [4.78, 5) is 0.307. The fraction of sp³-hybridized carbons (Fsp3) is 0.125. The van der Waals surface area contributed by atoms with E-state index in [9.17, 15) is 26.3 Å². The number of hydrogen-bond donors (Lipinski definition) is 0. The molecule has 2 aromatic carbocycles. The van der Waals surface area contributed by atoms with Crippen molar-refractivity contribution in [3.05, 3.63) is 59.0 Å². The molecule has 0 amide bonds. The zero-order chi connectivity index (χ0) is 16.8. The lowest BCUT2D eigenvalue weighted by Gasteiger charge is -2.15. The molecule has 0 saturated heterocycles. The standard InChI is InChI=1S/C16H8F6S/c17-15(18,19)10-5-6-12(13(7-10)16(20,21)22)14-11-4-2-1-3-9(11)8-23-14/h1-8H. The lowest BCUT2D eigenvalue weighted by molar-refractivity contribution is -0.142. The van der Waals surface area contributed by atoms with Gasteiger partial charge in [0.25, 0.3) is 0 Å². The highest BCUT2D eigenvalue weighted by molar-refractivity contribution is 7.15. The molecule has 0 atom stereocenters. The molecule has 3 aromatic rings. The van der Waals surface area contributed by atoms with Crippen molar-refractivity contribution in [3.63, 3.8) is 0 Å². The Morgan fingerprint density at radius 1 is 0.783 bits per heavy atom. The molecule has 120 valence electrons. The predicted molar refractivity (Wildman–Crippen MR) is 77.3 cm³/mol. The summed E-state index contributed by atoms with van der Waals surface area (Å²) in [5.74, 6) is 0. The van der Waals surface area contributed by atoms with Gasteiger partial charge in [0.1, 0.15) is 0 Å². The van der Waals surface area contributed by atoms with Gasteiger partial charge in [-0.3, -0.25) is 0 Å². The average molecular weight is 346 g/mol. The molecule has 1 heterocycles. The molecule has 7 heteroatoms. The summed E-state index contributed by atoms with van der Waals surface area (Å²) in [6.45, 7) is 0. The molecule has 0 nitrogen and oxygen atoms in total. The molecule has 1 aromatic heterocycles. The number of thiophene rings is 1. The van der Waals surface area contributed by atoms with Crippen LogP contribution in [0, 0.1) is 0 Å². The molecule has 0 saturated carbocycles. The first-order chi connectivity index (χ1) is 10.7. The smallest absolute Gasteiger partial charge is 0.166 e. The van der Waals surface area contributed by atoms with E-state index in [4.69, 9.17) is 0 Å². The number of alkyl halides is 6. The summed E-state index contributed by atoms with van der Waals surface area (Å²) in [6, 6.07) is 8.56. The molecule has 0 aliphatic carbocycles. The first kappa shape index (κ1) is 15.9. The molecule has 0 aliphatic rings. The summed E-state index contributed by atoms with van der Waals surface area (Å²) < 4.78 is 77.9. The molecule has 0 unspecified atom stereocenters. The summed E-state index contributed by atoms with van der Waals surface area (Å²) in [7, 11) is 0. The Morgan fingerprint density at radius 2 is 1.48 bits per heavy atom. The minimum absolute atomic E-state index is 0.170. The molecule has 23 heavy (non-hydrogen) atoms. The molecule has 0 fully saturated rings. The van der Waals surface area contributed by atoms with E-state index in [1.165, 1.54) is 0 Å². The summed E-state index contributed by atoms with van der Waals surface area (Å²) >= 11 is 1.08. The van der Waals surface area contributed by atoms with E-state index in [2.05, 4.69) is 0 Å². The zero-order valence-electron chi connectivity index (χ0n) is 11.3. The third kappa shape index (κ3) is 2.93. The molecule has 0 bridgehead atoms. The molecule has 0 N–H and O–H groups in total. The number of hydrogen-bond acceptors (Lipinski definition) is 1. The van der Waals surface area contributed by atoms with E-state index in [1.807, 2.05) is 0 Å². The molecule has 3 rings (SSSR count). The topological polar surface area (TPSA) is 0 Å². The monoisotopic (exact) mass is 346 g/mol. The number of fused-ring (bicyclic) bond motifs is 1. The second kappa shape index (κ2) is 5.26. The van der Waals surface area contributed by atoms with Crippen LogP contribution in [0.3, 0.4) is 0 Å². The van der Waals surface area contributed by atoms with Gasteiger partial charge < -0.3 is 0 Å². The van der Waals surface area contributed by atoms with Crippen molar-refractivity contribution in [3.8, 4) is 10.4 Å². The van der Waals surface area contributed by atoms with E-state index in [-0.39, 0.29) is 11.6 Å². The van der Waals surface area contributed by atoms with Gasteiger partial charge in [-0.25, -0.2) is 0 Å². The maximum atomic E-state index is 13.2. The first-order valence-corrected chi connectivity index (χ1v) is 7.31. The summed E-state index contributed by atoms with van der Waals surface area (Å²) in [5, 5.41) is 3.02. The van der Waals surface area contributed by atoms with Gasteiger partial charge in [-0.05, 0) is 22.9 Å². The normalized spacial score (nSPS) is 12.8. The third-order valence-corrected chi connectivity index (χ3v) is 4.45. The Morgan fingerprint density at radius 3 is 2.13 bits per heavy atom. The highest BCUT2D eigenvalue weighted by atomic mass is 32.1. The van der Waals surface area contributed by atoms with Crippen LogP contribution in [-0.4, -0.2) is 0 Å². The van der Waals surface area contributed by atoms with Crippen molar-refractivity contribution in [2.75, 3.05) is 0 Å². The maximum absolute atomic E-state index is 13.2. The van der Waals surface area contributed by atoms with Crippen molar-refractivity contribution in [1.82, 2.24) is 0 Å². The van der Waals surface area contributed by atoms with Gasteiger partial charge in [0, 0.05) is 15.8 Å². The quantitative estimate of drug-likeness (QED) is 0.435. The van der Waals surface area contributed by atoms with Gasteiger partial charge in [0.15, 0.2) is 0 Å². The van der Waals surface area contributed by atoms with Crippen LogP contribution in [0.4, 0.5) is 26.3 Å². The predicted octanol–water partition coefficient (Wildman–Crippen LogP) is 6.61. The van der Waals surface area contributed by atoms with Crippen molar-refractivity contribution in [2.24, 2.45) is 0 Å². The zero-order valence-corrected chi connectivity index (χ0v) is 12.1. The van der Waals surface area contributed by atoms with Crippen molar-refractivity contribution in [1.29, 1.82) is 0 Å². The van der Waals surface area contributed by atoms with Crippen LogP contribution < -0.4 is 0 Å². The van der Waals surface area contributed by atoms with Crippen molar-refractivity contribution < 1.29 is 26.3 Å². The van der Waals surface area contributed by atoms with Gasteiger partial charge >= 0.3 is 12.4 Å². The minimum atomic E-state index is -4.87. The van der Waals surface area contributed by atoms with E-state index >= 15 is 0 Å². The Bertz CT molecular complexity index is 857. The highest BCUT2D eigenvalue weighted by Crippen LogP contribution is 2.44. The van der Waals surface area contributed by atoms with Crippen LogP contribution in [0.15, 0.2) is 47.8 Å². The fourth-order valence-corrected chi connectivity index (χ4v) is 3.42. The van der Waals surface area contributed by atoms with E-state index in [1.54, 1.807) is 29.6 Å². The number of rotatable bonds is 1. The second-order valence-electron chi connectivity index (χ2n) is 4.91. The maximum Gasteiger partial charge on any atom is 0.417 e. The van der Waals surface area contributed by atoms with Crippen LogP contribution in [0.1, 0.15) is 11.1 Å². The fourth-order valence-electron chi connectivity index (χ4n) is 2.35. The highest BCUT2D eigenvalue weighted by Gasteiger charge is 2.38. The van der Waals surface area contributed by atoms with Gasteiger partial charge in [0.2, 0.25) is 0 Å². The van der Waals surface area contributed by atoms with Crippen molar-refractivity contribution in [2.45, 2.75) is 12.4 Å². The van der Waals surface area contributed by atoms with Crippen molar-refractivity contribution >= 4 is 22.1 Å². The summed E-state index contributed by atoms with van der Waals surface area (Å²) in [5.41, 5.74) is -2.83. The molecule has 0 spiro atoms. The molecular weight excluding hydrogens is 338 g/mol. The van der Waals surface area contributed by atoms with Gasteiger partial charge in [-0.15, -0.1) is 11.3 Å². The Kier molecular flexibility index (Phi) is 3.63. The first-order valence-electron chi connectivity index (χ1n) is 6.43. The van der Waals surface area contributed by atoms with Gasteiger partial charge in [-0.2, -0.15) is 26.3 Å². The van der Waals surface area contributed by atoms with E-state index < -0.39 is 23.5 Å². The van der Waals surface area contributed by atoms with E-state index in [0.29, 0.717) is 16.3 Å². The average Bonchev–Trinajstić information content (AvgIpc) is 2.88. The SMILES string of the molecule is FC(F)(F)c1ccc(-c2scc3ccccc23)c(C(F)(F)F)c1. The van der Waals surface area contributed by atoms with Gasteiger partial charge in [0.05, 0.1) is 11.1 Å². The third-order valence-electron chi connectivity index (χ3n) is 3.41. The van der Waals surface area contributed by atoms with Gasteiger partial charge in [-0.1, -0.05) is 30.3 Å². The molecule has 0 aliphatic heterocycles. The summed E-state index contributed by atoms with van der Waals surface area (Å²) in [6.07, 6.45) is -9.70. The molecular formula is C16H8F6S. The van der Waals surface area contributed by atoms with Crippen LogP contribution in [0.2, 0.25) is 0 Å². The largest absolute Gasteiger partial charge is 0.417 e.